The van der Waals surface area contributed by atoms with Gasteiger partial charge in [-0.1, -0.05) is 12.1 Å². The fourth-order valence-corrected chi connectivity index (χ4v) is 2.33. The molecule has 5 heteroatoms. The molecule has 0 spiro atoms. The van der Waals surface area contributed by atoms with Gasteiger partial charge in [-0.05, 0) is 37.5 Å². The van der Waals surface area contributed by atoms with Gasteiger partial charge in [0.1, 0.15) is 11.8 Å². The minimum atomic E-state index is -0.882. The fourth-order valence-electron chi connectivity index (χ4n) is 2.33. The number of benzene rings is 1. The van der Waals surface area contributed by atoms with Crippen LogP contribution < -0.4 is 10.1 Å². The van der Waals surface area contributed by atoms with Crippen molar-refractivity contribution in [2.24, 2.45) is 0 Å². The summed E-state index contributed by atoms with van der Waals surface area (Å²) in [6, 6.07) is 6.44. The monoisotopic (exact) mass is 279 g/mol. The van der Waals surface area contributed by atoms with Crippen molar-refractivity contribution in [3.8, 4) is 5.75 Å². The molecule has 1 aromatic carbocycles. The second kappa shape index (κ2) is 7.26. The molecule has 0 aromatic heterocycles. The van der Waals surface area contributed by atoms with E-state index < -0.39 is 12.0 Å². The lowest BCUT2D eigenvalue weighted by molar-refractivity contribution is -0.139. The number of hydrogen-bond donors (Lipinski definition) is 2. The second-order valence-corrected chi connectivity index (χ2v) is 4.82. The van der Waals surface area contributed by atoms with E-state index in [9.17, 15) is 9.90 Å². The van der Waals surface area contributed by atoms with Gasteiger partial charge in [0, 0.05) is 13.2 Å². The van der Waals surface area contributed by atoms with E-state index in [1.165, 1.54) is 0 Å². The van der Waals surface area contributed by atoms with E-state index in [4.69, 9.17) is 9.47 Å². The van der Waals surface area contributed by atoms with E-state index in [1.54, 1.807) is 24.3 Å². The first-order valence-electron chi connectivity index (χ1n) is 7.01. The van der Waals surface area contributed by atoms with Crippen molar-refractivity contribution in [1.82, 2.24) is 5.32 Å². The Balaban J connectivity index is 1.97. The zero-order chi connectivity index (χ0) is 14.4. The summed E-state index contributed by atoms with van der Waals surface area (Å²) in [6.45, 7) is 3.84. The first-order valence-corrected chi connectivity index (χ1v) is 7.01. The lowest BCUT2D eigenvalue weighted by atomic mass is 10.1. The Labute approximate surface area is 118 Å². The van der Waals surface area contributed by atoms with Crippen LogP contribution in [0.4, 0.5) is 0 Å². The van der Waals surface area contributed by atoms with Gasteiger partial charge in [0.15, 0.2) is 0 Å². The van der Waals surface area contributed by atoms with Crippen LogP contribution >= 0.6 is 0 Å². The van der Waals surface area contributed by atoms with Gasteiger partial charge in [0.2, 0.25) is 0 Å². The Kier molecular flexibility index (Phi) is 5.38. The van der Waals surface area contributed by atoms with Gasteiger partial charge in [-0.15, -0.1) is 0 Å². The number of hydrogen-bond acceptors (Lipinski definition) is 4. The Morgan fingerprint density at radius 3 is 2.80 bits per heavy atom. The molecule has 1 fully saturated rings. The molecule has 2 rings (SSSR count). The summed E-state index contributed by atoms with van der Waals surface area (Å²) in [4.78, 5) is 11.4. The third-order valence-electron chi connectivity index (χ3n) is 3.35. The molecular formula is C15H21NO4. The number of ether oxygens (including phenoxy) is 2. The van der Waals surface area contributed by atoms with Gasteiger partial charge in [0.25, 0.3) is 0 Å². The molecule has 2 unspecified atom stereocenters. The molecule has 1 heterocycles. The molecule has 0 saturated carbocycles. The number of carboxylic acid groups (broad SMARTS) is 1. The Morgan fingerprint density at radius 1 is 1.50 bits per heavy atom. The lowest BCUT2D eigenvalue weighted by Crippen LogP contribution is -2.34. The highest BCUT2D eigenvalue weighted by atomic mass is 16.5. The number of nitrogens with one attached hydrogen (secondary N) is 1. The van der Waals surface area contributed by atoms with Crippen LogP contribution in [0.25, 0.3) is 0 Å². The first-order chi connectivity index (χ1) is 9.70. The number of carbonyl (C=O) groups is 1. The summed E-state index contributed by atoms with van der Waals surface area (Å²) >= 11 is 0. The highest BCUT2D eigenvalue weighted by molar-refractivity contribution is 5.75. The summed E-state index contributed by atoms with van der Waals surface area (Å²) in [7, 11) is 0. The molecule has 0 radical (unpaired) electrons. The standard InChI is InChI=1S/C15H21NO4/c1-2-19-12-7-5-11(6-8-12)14(15(17)18)16-10-13-4-3-9-20-13/h5-8,13-14,16H,2-4,9-10H2,1H3,(H,17,18). The highest BCUT2D eigenvalue weighted by Gasteiger charge is 2.22. The normalized spacial score (nSPS) is 19.8. The van der Waals surface area contributed by atoms with E-state index in [2.05, 4.69) is 5.32 Å². The molecule has 2 N–H and O–H groups in total. The maximum atomic E-state index is 11.4. The van der Waals surface area contributed by atoms with Crippen LogP contribution in [0.15, 0.2) is 24.3 Å². The van der Waals surface area contributed by atoms with E-state index in [-0.39, 0.29) is 6.10 Å². The highest BCUT2D eigenvalue weighted by Crippen LogP contribution is 2.19. The quantitative estimate of drug-likeness (QED) is 0.799. The van der Waals surface area contributed by atoms with Crippen molar-refractivity contribution in [3.63, 3.8) is 0 Å². The van der Waals surface area contributed by atoms with Gasteiger partial charge in [-0.25, -0.2) is 0 Å². The molecule has 20 heavy (non-hydrogen) atoms. The number of rotatable bonds is 7. The van der Waals surface area contributed by atoms with Crippen molar-refractivity contribution < 1.29 is 19.4 Å². The second-order valence-electron chi connectivity index (χ2n) is 4.82. The van der Waals surface area contributed by atoms with E-state index in [1.807, 2.05) is 6.92 Å². The van der Waals surface area contributed by atoms with Crippen LogP contribution in [0.2, 0.25) is 0 Å². The van der Waals surface area contributed by atoms with Crippen molar-refractivity contribution in [1.29, 1.82) is 0 Å². The Hall–Kier alpha value is -1.59. The van der Waals surface area contributed by atoms with Crippen molar-refractivity contribution >= 4 is 5.97 Å². The lowest BCUT2D eigenvalue weighted by Gasteiger charge is -2.18. The molecule has 1 aliphatic rings. The van der Waals surface area contributed by atoms with Crippen LogP contribution in [0.1, 0.15) is 31.4 Å². The molecule has 0 aliphatic carbocycles. The summed E-state index contributed by atoms with van der Waals surface area (Å²) in [5, 5.41) is 12.4. The van der Waals surface area contributed by atoms with Gasteiger partial charge in [0.05, 0.1) is 12.7 Å². The average molecular weight is 279 g/mol. The first kappa shape index (κ1) is 14.8. The van der Waals surface area contributed by atoms with Crippen molar-refractivity contribution in [3.05, 3.63) is 29.8 Å². The predicted octanol–water partition coefficient (Wildman–Crippen LogP) is 1.98. The van der Waals surface area contributed by atoms with Gasteiger partial charge in [-0.2, -0.15) is 0 Å². The maximum absolute atomic E-state index is 11.4. The van der Waals surface area contributed by atoms with Crippen LogP contribution in [-0.4, -0.2) is 36.9 Å². The zero-order valence-corrected chi connectivity index (χ0v) is 11.7. The van der Waals surface area contributed by atoms with Crippen molar-refractivity contribution in [2.75, 3.05) is 19.8 Å². The molecule has 2 atom stereocenters. The van der Waals surface area contributed by atoms with Crippen molar-refractivity contribution in [2.45, 2.75) is 31.9 Å². The van der Waals surface area contributed by atoms with Crippen LogP contribution in [0.3, 0.4) is 0 Å². The van der Waals surface area contributed by atoms with Gasteiger partial charge < -0.3 is 14.6 Å². The maximum Gasteiger partial charge on any atom is 0.325 e. The van der Waals surface area contributed by atoms with Crippen LogP contribution in [-0.2, 0) is 9.53 Å². The molecule has 0 bridgehead atoms. The van der Waals surface area contributed by atoms with Crippen LogP contribution in [0, 0.1) is 0 Å². The minimum Gasteiger partial charge on any atom is -0.494 e. The molecule has 110 valence electrons. The third-order valence-corrected chi connectivity index (χ3v) is 3.35. The Morgan fingerprint density at radius 2 is 2.25 bits per heavy atom. The number of carboxylic acids is 1. The molecule has 1 saturated heterocycles. The molecular weight excluding hydrogens is 258 g/mol. The van der Waals surface area contributed by atoms with Crippen LogP contribution in [0.5, 0.6) is 5.75 Å². The summed E-state index contributed by atoms with van der Waals surface area (Å²) in [5.74, 6) is -0.133. The molecule has 1 aromatic rings. The molecule has 1 aliphatic heterocycles. The van der Waals surface area contributed by atoms with E-state index >= 15 is 0 Å². The number of aliphatic carboxylic acids is 1. The third kappa shape index (κ3) is 3.95. The largest absolute Gasteiger partial charge is 0.494 e. The summed E-state index contributed by atoms with van der Waals surface area (Å²) in [5.41, 5.74) is 0.721. The SMILES string of the molecule is CCOc1ccc(C(NCC2CCCO2)C(=O)O)cc1. The smallest absolute Gasteiger partial charge is 0.325 e. The predicted molar refractivity (Wildman–Crippen MR) is 75.0 cm³/mol. The summed E-state index contributed by atoms with van der Waals surface area (Å²) < 4.78 is 10.8. The van der Waals surface area contributed by atoms with E-state index in [0.717, 1.165) is 30.8 Å². The average Bonchev–Trinajstić information content (AvgIpc) is 2.94. The zero-order valence-electron chi connectivity index (χ0n) is 11.7. The molecule has 0 amide bonds. The topological polar surface area (TPSA) is 67.8 Å². The van der Waals surface area contributed by atoms with Gasteiger partial charge >= 0.3 is 5.97 Å². The molecule has 5 nitrogen and oxygen atoms in total. The summed E-state index contributed by atoms with van der Waals surface area (Å²) in [6.07, 6.45) is 2.16. The Bertz CT molecular complexity index is 426. The fraction of sp³-hybridized carbons (Fsp3) is 0.533. The van der Waals surface area contributed by atoms with E-state index in [0.29, 0.717) is 13.2 Å². The minimum absolute atomic E-state index is 0.125. The van der Waals surface area contributed by atoms with Gasteiger partial charge in [-0.3, -0.25) is 10.1 Å².